The summed E-state index contributed by atoms with van der Waals surface area (Å²) in [5, 5.41) is 15.1. The summed E-state index contributed by atoms with van der Waals surface area (Å²) in [6.07, 6.45) is 1.68. The van der Waals surface area contributed by atoms with Crippen LogP contribution in [0.1, 0.15) is 5.69 Å². The second-order valence-electron chi connectivity index (χ2n) is 4.08. The van der Waals surface area contributed by atoms with E-state index < -0.39 is 0 Å². The van der Waals surface area contributed by atoms with Crippen molar-refractivity contribution in [2.24, 2.45) is 10.2 Å². The fraction of sp³-hybridized carbons (Fsp3) is 0.0769. The van der Waals surface area contributed by atoms with Crippen LogP contribution in [-0.2, 0) is 0 Å². The number of nitrogens with two attached hydrogens (primary N) is 1. The van der Waals surface area contributed by atoms with Crippen LogP contribution in [-0.4, -0.2) is 14.8 Å². The third-order valence-corrected chi connectivity index (χ3v) is 3.37. The van der Waals surface area contributed by atoms with Crippen molar-refractivity contribution in [3.63, 3.8) is 0 Å². The molecular weight excluding hydrogens is 272 g/mol. The zero-order chi connectivity index (χ0) is 13.9. The molecule has 2 aromatic heterocycles. The van der Waals surface area contributed by atoms with Gasteiger partial charge in [-0.2, -0.15) is 5.10 Å². The van der Waals surface area contributed by atoms with Crippen molar-refractivity contribution in [3.05, 3.63) is 47.6 Å². The minimum atomic E-state index is 0.467. The quantitative estimate of drug-likeness (QED) is 0.745. The van der Waals surface area contributed by atoms with E-state index in [1.165, 1.54) is 11.3 Å². The highest BCUT2D eigenvalue weighted by Gasteiger charge is 2.13. The van der Waals surface area contributed by atoms with Crippen LogP contribution in [0.4, 0.5) is 16.6 Å². The first-order valence-electron chi connectivity index (χ1n) is 5.97. The van der Waals surface area contributed by atoms with Gasteiger partial charge in [0.25, 0.3) is 0 Å². The van der Waals surface area contributed by atoms with Crippen molar-refractivity contribution in [1.29, 1.82) is 0 Å². The Morgan fingerprint density at radius 3 is 2.70 bits per heavy atom. The summed E-state index contributed by atoms with van der Waals surface area (Å²) in [5.41, 5.74) is 8.30. The van der Waals surface area contributed by atoms with Gasteiger partial charge in [0.15, 0.2) is 11.5 Å². The first kappa shape index (κ1) is 12.5. The molecule has 0 aliphatic heterocycles. The number of benzene rings is 1. The molecule has 0 fully saturated rings. The predicted molar refractivity (Wildman–Crippen MR) is 79.0 cm³/mol. The van der Waals surface area contributed by atoms with E-state index in [9.17, 15) is 0 Å². The van der Waals surface area contributed by atoms with Crippen LogP contribution in [0.25, 0.3) is 5.69 Å². The van der Waals surface area contributed by atoms with Gasteiger partial charge in [0, 0.05) is 11.6 Å². The summed E-state index contributed by atoms with van der Waals surface area (Å²) < 4.78 is 1.66. The van der Waals surface area contributed by atoms with Gasteiger partial charge >= 0.3 is 0 Å². The van der Waals surface area contributed by atoms with Crippen molar-refractivity contribution in [2.45, 2.75) is 6.92 Å². The van der Waals surface area contributed by atoms with E-state index in [4.69, 9.17) is 5.73 Å². The highest BCUT2D eigenvalue weighted by atomic mass is 32.1. The first-order chi connectivity index (χ1) is 9.75. The maximum absolute atomic E-state index is 6.11. The van der Waals surface area contributed by atoms with Gasteiger partial charge in [-0.25, -0.2) is 9.67 Å². The summed E-state index contributed by atoms with van der Waals surface area (Å²) in [4.78, 5) is 4.05. The van der Waals surface area contributed by atoms with Gasteiger partial charge in [-0.15, -0.1) is 21.6 Å². The van der Waals surface area contributed by atoms with Gasteiger partial charge in [0.2, 0.25) is 5.13 Å². The van der Waals surface area contributed by atoms with E-state index in [0.717, 1.165) is 11.4 Å². The number of aromatic nitrogens is 3. The SMILES string of the molecule is Cc1nn(-c2ccccc2)c(N)c1N=Nc1nccs1. The number of azo groups is 1. The molecule has 0 aliphatic rings. The zero-order valence-corrected chi connectivity index (χ0v) is 11.6. The lowest BCUT2D eigenvalue weighted by Crippen LogP contribution is -2.01. The molecule has 0 aliphatic carbocycles. The van der Waals surface area contributed by atoms with E-state index in [2.05, 4.69) is 20.3 Å². The molecule has 2 heterocycles. The number of nitrogen functional groups attached to an aromatic ring is 1. The van der Waals surface area contributed by atoms with Crippen LogP contribution in [0, 0.1) is 6.92 Å². The second kappa shape index (κ2) is 5.22. The fourth-order valence-corrected chi connectivity index (χ4v) is 2.24. The number of anilines is 1. The molecule has 100 valence electrons. The number of thiazole rings is 1. The number of aryl methyl sites for hydroxylation is 1. The summed E-state index contributed by atoms with van der Waals surface area (Å²) >= 11 is 1.42. The van der Waals surface area contributed by atoms with Crippen LogP contribution in [0.15, 0.2) is 52.1 Å². The molecule has 0 bridgehead atoms. The second-order valence-corrected chi connectivity index (χ2v) is 4.95. The first-order valence-corrected chi connectivity index (χ1v) is 6.85. The van der Waals surface area contributed by atoms with E-state index in [1.807, 2.05) is 42.6 Å². The topological polar surface area (TPSA) is 81.5 Å². The molecule has 0 amide bonds. The van der Waals surface area contributed by atoms with Crippen LogP contribution in [0.2, 0.25) is 0 Å². The molecule has 1 aromatic carbocycles. The Morgan fingerprint density at radius 2 is 2.00 bits per heavy atom. The van der Waals surface area contributed by atoms with Gasteiger partial charge in [-0.3, -0.25) is 0 Å². The Hall–Kier alpha value is -2.54. The molecule has 6 nitrogen and oxygen atoms in total. The van der Waals surface area contributed by atoms with E-state index in [-0.39, 0.29) is 0 Å². The third kappa shape index (κ3) is 2.30. The molecule has 7 heteroatoms. The lowest BCUT2D eigenvalue weighted by Gasteiger charge is -2.02. The monoisotopic (exact) mass is 284 g/mol. The number of hydrogen-bond donors (Lipinski definition) is 1. The van der Waals surface area contributed by atoms with Gasteiger partial charge < -0.3 is 5.73 Å². The highest BCUT2D eigenvalue weighted by molar-refractivity contribution is 7.13. The third-order valence-electron chi connectivity index (χ3n) is 2.72. The minimum Gasteiger partial charge on any atom is -0.382 e. The normalized spacial score (nSPS) is 11.2. The van der Waals surface area contributed by atoms with Crippen LogP contribution < -0.4 is 5.73 Å². The number of hydrogen-bond acceptors (Lipinski definition) is 6. The van der Waals surface area contributed by atoms with Crippen molar-refractivity contribution < 1.29 is 0 Å². The molecule has 0 atom stereocenters. The van der Waals surface area contributed by atoms with Crippen molar-refractivity contribution in [1.82, 2.24) is 14.8 Å². The Balaban J connectivity index is 1.99. The average Bonchev–Trinajstić information content (AvgIpc) is 3.07. The van der Waals surface area contributed by atoms with Crippen molar-refractivity contribution in [3.8, 4) is 5.69 Å². The van der Waals surface area contributed by atoms with Crippen LogP contribution >= 0.6 is 11.3 Å². The minimum absolute atomic E-state index is 0.467. The van der Waals surface area contributed by atoms with Gasteiger partial charge in [0.1, 0.15) is 0 Å². The maximum atomic E-state index is 6.11. The van der Waals surface area contributed by atoms with Crippen LogP contribution in [0.3, 0.4) is 0 Å². The molecule has 0 unspecified atom stereocenters. The summed E-state index contributed by atoms with van der Waals surface area (Å²) in [6, 6.07) is 9.68. The van der Waals surface area contributed by atoms with Crippen molar-refractivity contribution in [2.75, 3.05) is 5.73 Å². The van der Waals surface area contributed by atoms with Crippen molar-refractivity contribution >= 4 is 28.0 Å². The summed E-state index contributed by atoms with van der Waals surface area (Å²) in [7, 11) is 0. The molecule has 2 N–H and O–H groups in total. The fourth-order valence-electron chi connectivity index (χ4n) is 1.78. The smallest absolute Gasteiger partial charge is 0.229 e. The lowest BCUT2D eigenvalue weighted by atomic mass is 10.3. The largest absolute Gasteiger partial charge is 0.382 e. The molecular formula is C13H12N6S. The van der Waals surface area contributed by atoms with Gasteiger partial charge in [-0.1, -0.05) is 18.2 Å². The highest BCUT2D eigenvalue weighted by Crippen LogP contribution is 2.30. The average molecular weight is 284 g/mol. The number of rotatable bonds is 3. The summed E-state index contributed by atoms with van der Waals surface area (Å²) in [6.45, 7) is 1.85. The molecule has 20 heavy (non-hydrogen) atoms. The standard InChI is InChI=1S/C13H12N6S/c1-9-11(16-17-13-15-7-8-20-13)12(14)19(18-9)10-5-3-2-4-6-10/h2-8H,14H2,1H3. The molecule has 3 rings (SSSR count). The predicted octanol–water partition coefficient (Wildman–Crippen LogP) is 3.63. The Labute approximate surface area is 119 Å². The van der Waals surface area contributed by atoms with Gasteiger partial charge in [-0.05, 0) is 19.1 Å². The van der Waals surface area contributed by atoms with Gasteiger partial charge in [0.05, 0.1) is 11.4 Å². The number of nitrogens with zero attached hydrogens (tertiary/aromatic N) is 5. The lowest BCUT2D eigenvalue weighted by molar-refractivity contribution is 0.872. The molecule has 0 radical (unpaired) electrons. The summed E-state index contributed by atoms with van der Waals surface area (Å²) in [5.74, 6) is 0.467. The Bertz CT molecular complexity index is 730. The molecule has 0 spiro atoms. The van der Waals surface area contributed by atoms with E-state index in [1.54, 1.807) is 10.9 Å². The van der Waals surface area contributed by atoms with Crippen LogP contribution in [0.5, 0.6) is 0 Å². The maximum Gasteiger partial charge on any atom is 0.229 e. The Kier molecular flexibility index (Phi) is 3.26. The number of para-hydroxylation sites is 1. The van der Waals surface area contributed by atoms with E-state index >= 15 is 0 Å². The molecule has 0 saturated heterocycles. The zero-order valence-electron chi connectivity index (χ0n) is 10.8. The molecule has 0 saturated carbocycles. The van der Waals surface area contributed by atoms with E-state index in [0.29, 0.717) is 16.6 Å². The molecule has 3 aromatic rings. The Morgan fingerprint density at radius 1 is 1.20 bits per heavy atom.